The average Bonchev–Trinajstić information content (AvgIpc) is 3.24. The molecule has 1 aliphatic heterocycles. The molecule has 1 N–H and O–H groups in total. The molecule has 2 unspecified atom stereocenters. The van der Waals surface area contributed by atoms with Crippen LogP contribution < -0.4 is 15.0 Å². The van der Waals surface area contributed by atoms with E-state index in [9.17, 15) is 17.6 Å². The molecule has 3 heterocycles. The summed E-state index contributed by atoms with van der Waals surface area (Å²) in [5.74, 6) is 0.0882. The van der Waals surface area contributed by atoms with Gasteiger partial charge in [0.05, 0.1) is 5.02 Å². The Morgan fingerprint density at radius 3 is 2.60 bits per heavy atom. The lowest BCUT2D eigenvalue weighted by atomic mass is 9.92. The molecule has 0 radical (unpaired) electrons. The monoisotopic (exact) mass is 511 g/mol. The van der Waals surface area contributed by atoms with Crippen LogP contribution in [0.3, 0.4) is 0 Å². The minimum atomic E-state index is -4.57. The Bertz CT molecular complexity index is 1210. The molecule has 13 heteroatoms. The summed E-state index contributed by atoms with van der Waals surface area (Å²) in [6.45, 7) is 1.96. The Kier molecular flexibility index (Phi) is 6.16. The van der Waals surface area contributed by atoms with Crippen LogP contribution in [-0.2, 0) is 6.54 Å². The van der Waals surface area contributed by atoms with Crippen LogP contribution in [0.4, 0.5) is 29.3 Å². The first-order chi connectivity index (χ1) is 16.7. The molecule has 35 heavy (non-hydrogen) atoms. The quantitative estimate of drug-likeness (QED) is 0.474. The molecular weight excluding hydrogens is 490 g/mol. The highest BCUT2D eigenvalue weighted by molar-refractivity contribution is 6.30. The maximum atomic E-state index is 14.3. The van der Waals surface area contributed by atoms with Crippen LogP contribution in [-0.4, -0.2) is 50.0 Å². The van der Waals surface area contributed by atoms with Gasteiger partial charge in [-0.25, -0.2) is 19.0 Å². The van der Waals surface area contributed by atoms with E-state index in [1.54, 1.807) is 6.33 Å². The van der Waals surface area contributed by atoms with Gasteiger partial charge >= 0.3 is 12.2 Å². The van der Waals surface area contributed by atoms with E-state index in [0.717, 1.165) is 37.4 Å². The van der Waals surface area contributed by atoms with Crippen molar-refractivity contribution in [2.75, 3.05) is 23.3 Å². The lowest BCUT2D eigenvalue weighted by molar-refractivity contribution is -0.143. The van der Waals surface area contributed by atoms with Gasteiger partial charge in [-0.2, -0.15) is 18.2 Å². The van der Waals surface area contributed by atoms with E-state index in [1.165, 1.54) is 18.2 Å². The van der Waals surface area contributed by atoms with E-state index in [4.69, 9.17) is 16.3 Å². The number of halogens is 5. The topological polar surface area (TPSA) is 81.0 Å². The van der Waals surface area contributed by atoms with Crippen molar-refractivity contribution in [1.82, 2.24) is 24.7 Å². The number of nitrogens with zero attached hydrogens (tertiary/aromatic N) is 6. The van der Waals surface area contributed by atoms with Crippen LogP contribution in [0.5, 0.6) is 11.8 Å². The summed E-state index contributed by atoms with van der Waals surface area (Å²) >= 11 is 5.76. The molecule has 2 aliphatic rings. The average molecular weight is 512 g/mol. The fourth-order valence-corrected chi connectivity index (χ4v) is 4.97. The number of hydrogen-bond acceptors (Lipinski definition) is 7. The largest absolute Gasteiger partial charge is 0.421 e. The molecule has 0 amide bonds. The molecule has 5 rings (SSSR count). The Labute approximate surface area is 203 Å². The van der Waals surface area contributed by atoms with Crippen LogP contribution >= 0.6 is 11.6 Å². The smallest absolute Gasteiger partial charge is 0.408 e. The number of benzene rings is 1. The number of ether oxygens (including phenoxy) is 1. The molecule has 3 aromatic rings. The van der Waals surface area contributed by atoms with E-state index in [0.29, 0.717) is 4.68 Å². The molecular formula is C22H22ClF4N7O. The third kappa shape index (κ3) is 5.12. The van der Waals surface area contributed by atoms with E-state index in [1.807, 2.05) is 13.0 Å². The van der Waals surface area contributed by atoms with Crippen molar-refractivity contribution in [3.63, 3.8) is 0 Å². The van der Waals surface area contributed by atoms with Gasteiger partial charge in [-0.1, -0.05) is 17.7 Å². The Balaban J connectivity index is 1.36. The molecule has 1 aromatic carbocycles. The van der Waals surface area contributed by atoms with E-state index in [2.05, 4.69) is 30.3 Å². The van der Waals surface area contributed by atoms with E-state index in [-0.39, 0.29) is 34.6 Å². The van der Waals surface area contributed by atoms with Crippen LogP contribution in [0.2, 0.25) is 5.02 Å². The van der Waals surface area contributed by atoms with Gasteiger partial charge < -0.3 is 15.0 Å². The molecule has 0 spiro atoms. The number of aryl methyl sites for hydroxylation is 1. The Morgan fingerprint density at radius 1 is 1.17 bits per heavy atom. The highest BCUT2D eigenvalue weighted by Gasteiger charge is 2.43. The number of nitrogens with one attached hydrogen (secondary N) is 1. The summed E-state index contributed by atoms with van der Waals surface area (Å²) in [4.78, 5) is 14.8. The van der Waals surface area contributed by atoms with Crippen LogP contribution in [0.25, 0.3) is 0 Å². The van der Waals surface area contributed by atoms with Gasteiger partial charge in [-0.3, -0.25) is 0 Å². The molecule has 1 aliphatic carbocycles. The molecule has 2 atom stereocenters. The molecule has 2 aromatic heterocycles. The summed E-state index contributed by atoms with van der Waals surface area (Å²) in [5, 5.41) is 6.98. The highest BCUT2D eigenvalue weighted by Crippen LogP contribution is 2.40. The first kappa shape index (κ1) is 23.6. The number of rotatable bonds is 6. The lowest BCUT2D eigenvalue weighted by Gasteiger charge is -2.38. The van der Waals surface area contributed by atoms with Crippen molar-refractivity contribution in [1.29, 1.82) is 0 Å². The van der Waals surface area contributed by atoms with Crippen LogP contribution in [0.15, 0.2) is 30.6 Å². The molecule has 1 saturated carbocycles. The standard InChI is InChI=1S/C22H22ClF4N7O/c1-12-7-17(29-11-28-12)33-8-13-5-6-14(9-33)19(13)30-20-31-21(34(32-20)10-22(25,26)27)35-16-4-2-3-15(23)18(16)24/h2-4,7,11,13-14,19H,5-6,8-10H2,1H3,(H,30,32). The molecule has 8 nitrogen and oxygen atoms in total. The minimum absolute atomic E-state index is 0.0000771. The number of piperidine rings is 1. The zero-order valence-corrected chi connectivity index (χ0v) is 19.4. The molecule has 1 saturated heterocycles. The zero-order valence-electron chi connectivity index (χ0n) is 18.6. The maximum absolute atomic E-state index is 14.3. The third-order valence-corrected chi connectivity index (χ3v) is 6.62. The van der Waals surface area contributed by atoms with E-state index >= 15 is 0 Å². The van der Waals surface area contributed by atoms with Gasteiger partial charge in [0.2, 0.25) is 5.95 Å². The molecule has 186 valence electrons. The predicted octanol–water partition coefficient (Wildman–Crippen LogP) is 4.85. The zero-order chi connectivity index (χ0) is 24.7. The van der Waals surface area contributed by atoms with Gasteiger partial charge in [0.25, 0.3) is 0 Å². The van der Waals surface area contributed by atoms with Crippen molar-refractivity contribution in [2.45, 2.75) is 38.5 Å². The van der Waals surface area contributed by atoms with Crippen molar-refractivity contribution in [2.24, 2.45) is 11.8 Å². The SMILES string of the molecule is Cc1cc(N2CC3CCC(C2)C3Nc2nc(Oc3cccc(Cl)c3F)n(CC(F)(F)F)n2)ncn1. The van der Waals surface area contributed by atoms with Crippen LogP contribution in [0.1, 0.15) is 18.5 Å². The summed E-state index contributed by atoms with van der Waals surface area (Å²) in [6.07, 6.45) is -1.11. The molecule has 2 fully saturated rings. The number of aromatic nitrogens is 5. The van der Waals surface area contributed by atoms with Crippen molar-refractivity contribution in [3.05, 3.63) is 47.1 Å². The highest BCUT2D eigenvalue weighted by atomic mass is 35.5. The Morgan fingerprint density at radius 2 is 1.91 bits per heavy atom. The maximum Gasteiger partial charge on any atom is 0.408 e. The second kappa shape index (κ2) is 9.14. The molecule has 2 bridgehead atoms. The second-order valence-electron chi connectivity index (χ2n) is 8.84. The fourth-order valence-electron chi connectivity index (χ4n) is 4.81. The lowest BCUT2D eigenvalue weighted by Crippen LogP contribution is -2.48. The number of alkyl halides is 3. The van der Waals surface area contributed by atoms with Crippen molar-refractivity contribution >= 4 is 23.4 Å². The second-order valence-corrected chi connectivity index (χ2v) is 9.24. The summed E-state index contributed by atoms with van der Waals surface area (Å²) < 4.78 is 59.7. The number of anilines is 2. The summed E-state index contributed by atoms with van der Waals surface area (Å²) in [6, 6.07) is 5.42. The summed E-state index contributed by atoms with van der Waals surface area (Å²) in [5.41, 5.74) is 0.880. The first-order valence-corrected chi connectivity index (χ1v) is 11.5. The predicted molar refractivity (Wildman–Crippen MR) is 120 cm³/mol. The van der Waals surface area contributed by atoms with Gasteiger partial charge in [-0.05, 0) is 43.7 Å². The van der Waals surface area contributed by atoms with Crippen LogP contribution in [0, 0.1) is 24.6 Å². The normalized spacial score (nSPS) is 21.9. The van der Waals surface area contributed by atoms with E-state index < -0.39 is 24.5 Å². The van der Waals surface area contributed by atoms with Gasteiger partial charge in [-0.15, -0.1) is 5.10 Å². The minimum Gasteiger partial charge on any atom is -0.421 e. The van der Waals surface area contributed by atoms with Gasteiger partial charge in [0.15, 0.2) is 11.6 Å². The van der Waals surface area contributed by atoms with Gasteiger partial charge in [0, 0.05) is 30.9 Å². The number of fused-ring (bicyclic) bond motifs is 2. The number of hydrogen-bond donors (Lipinski definition) is 1. The summed E-state index contributed by atoms with van der Waals surface area (Å²) in [7, 11) is 0. The fraction of sp³-hybridized carbons (Fsp3) is 0.455. The third-order valence-electron chi connectivity index (χ3n) is 6.33. The first-order valence-electron chi connectivity index (χ1n) is 11.1. The van der Waals surface area contributed by atoms with Crippen molar-refractivity contribution < 1.29 is 22.3 Å². The Hall–Kier alpha value is -3.15. The van der Waals surface area contributed by atoms with Gasteiger partial charge in [0.1, 0.15) is 18.7 Å². The van der Waals surface area contributed by atoms with Crippen molar-refractivity contribution in [3.8, 4) is 11.8 Å².